The van der Waals surface area contributed by atoms with Crippen molar-refractivity contribution >= 4 is 15.7 Å². The van der Waals surface area contributed by atoms with Crippen molar-refractivity contribution in [1.82, 2.24) is 0 Å². The van der Waals surface area contributed by atoms with Crippen LogP contribution in [-0.2, 0) is 14.8 Å². The average molecular weight is 295 g/mol. The van der Waals surface area contributed by atoms with E-state index in [-0.39, 0.29) is 11.7 Å². The van der Waals surface area contributed by atoms with Gasteiger partial charge in [0.1, 0.15) is 0 Å². The molecule has 20 heavy (non-hydrogen) atoms. The molecule has 1 aromatic carbocycles. The number of sulfonamides is 1. The number of benzene rings is 1. The molecule has 0 N–H and O–H groups in total. The van der Waals surface area contributed by atoms with Crippen molar-refractivity contribution in [3.8, 4) is 0 Å². The topological polar surface area (TPSA) is 46.6 Å². The maximum absolute atomic E-state index is 12.6. The van der Waals surface area contributed by atoms with Gasteiger partial charge in [0.05, 0.1) is 18.0 Å². The van der Waals surface area contributed by atoms with E-state index in [1.165, 1.54) is 4.31 Å². The smallest absolute Gasteiger partial charge is 0.235 e. The van der Waals surface area contributed by atoms with Crippen molar-refractivity contribution in [2.75, 3.05) is 29.8 Å². The summed E-state index contributed by atoms with van der Waals surface area (Å²) in [6.45, 7) is 5.28. The summed E-state index contributed by atoms with van der Waals surface area (Å²) >= 11 is 0. The number of para-hydroxylation sites is 1. The molecule has 0 spiro atoms. The Hall–Kier alpha value is -1.33. The quantitative estimate of drug-likeness (QED) is 0.757. The number of anilines is 1. The molecule has 0 unspecified atom stereocenters. The summed E-state index contributed by atoms with van der Waals surface area (Å²) in [5, 5.41) is 0. The summed E-state index contributed by atoms with van der Waals surface area (Å²) in [6.07, 6.45) is 3.25. The van der Waals surface area contributed by atoms with Crippen molar-refractivity contribution in [3.63, 3.8) is 0 Å². The summed E-state index contributed by atoms with van der Waals surface area (Å²) in [6, 6.07) is 9.18. The predicted molar refractivity (Wildman–Crippen MR) is 81.3 cm³/mol. The van der Waals surface area contributed by atoms with E-state index in [2.05, 4.69) is 6.58 Å². The van der Waals surface area contributed by atoms with Crippen molar-refractivity contribution in [3.05, 3.63) is 43.0 Å². The molecule has 5 heteroatoms. The summed E-state index contributed by atoms with van der Waals surface area (Å²) in [5.74, 6) is 0.365. The number of hydrogen-bond donors (Lipinski definition) is 0. The van der Waals surface area contributed by atoms with Crippen LogP contribution < -0.4 is 4.31 Å². The Morgan fingerprint density at radius 2 is 1.90 bits per heavy atom. The van der Waals surface area contributed by atoms with E-state index in [0.717, 1.165) is 12.8 Å². The predicted octanol–water partition coefficient (Wildman–Crippen LogP) is 2.44. The fraction of sp³-hybridized carbons (Fsp3) is 0.467. The molecule has 1 heterocycles. The lowest BCUT2D eigenvalue weighted by molar-refractivity contribution is 0.0723. The average Bonchev–Trinajstić information content (AvgIpc) is 2.46. The maximum atomic E-state index is 12.6. The molecule has 1 aliphatic heterocycles. The van der Waals surface area contributed by atoms with Gasteiger partial charge in [0.15, 0.2) is 0 Å². The second-order valence-corrected chi connectivity index (χ2v) is 6.93. The van der Waals surface area contributed by atoms with Crippen LogP contribution in [0.3, 0.4) is 0 Å². The molecule has 1 saturated heterocycles. The number of hydrogen-bond acceptors (Lipinski definition) is 3. The molecule has 0 aromatic heterocycles. The largest absolute Gasteiger partial charge is 0.381 e. The first-order valence-corrected chi connectivity index (χ1v) is 8.48. The Kier molecular flexibility index (Phi) is 5.20. The third-order valence-corrected chi connectivity index (χ3v) is 5.39. The van der Waals surface area contributed by atoms with Crippen LogP contribution in [0.25, 0.3) is 0 Å². The van der Waals surface area contributed by atoms with Crippen LogP contribution in [0, 0.1) is 5.92 Å². The van der Waals surface area contributed by atoms with Crippen LogP contribution in [-0.4, -0.2) is 33.9 Å². The lowest BCUT2D eigenvalue weighted by Crippen LogP contribution is -2.36. The third-order valence-electron chi connectivity index (χ3n) is 3.46. The third kappa shape index (κ3) is 3.84. The van der Waals surface area contributed by atoms with Gasteiger partial charge in [0, 0.05) is 13.2 Å². The molecular formula is C15H21NO3S. The van der Waals surface area contributed by atoms with Crippen molar-refractivity contribution in [2.24, 2.45) is 5.92 Å². The van der Waals surface area contributed by atoms with Gasteiger partial charge in [-0.2, -0.15) is 0 Å². The van der Waals surface area contributed by atoms with Crippen molar-refractivity contribution < 1.29 is 13.2 Å². The standard InChI is InChI=1S/C15H21NO3S/c1-2-10-16(15-6-4-3-5-7-15)20(17,18)13-14-8-11-19-12-9-14/h2-7,14H,1,8-13H2. The Balaban J connectivity index is 2.16. The van der Waals surface area contributed by atoms with Crippen molar-refractivity contribution in [1.29, 1.82) is 0 Å². The molecule has 0 bridgehead atoms. The summed E-state index contributed by atoms with van der Waals surface area (Å²) in [5.41, 5.74) is 0.694. The molecule has 0 aliphatic carbocycles. The number of nitrogens with zero attached hydrogens (tertiary/aromatic N) is 1. The van der Waals surface area contributed by atoms with Crippen LogP contribution in [0.4, 0.5) is 5.69 Å². The van der Waals surface area contributed by atoms with Crippen LogP contribution >= 0.6 is 0 Å². The van der Waals surface area contributed by atoms with Crippen LogP contribution in [0.2, 0.25) is 0 Å². The van der Waals surface area contributed by atoms with Gasteiger partial charge in [-0.1, -0.05) is 24.3 Å². The molecule has 110 valence electrons. The zero-order valence-corrected chi connectivity index (χ0v) is 12.4. The summed E-state index contributed by atoms with van der Waals surface area (Å²) in [4.78, 5) is 0. The van der Waals surface area contributed by atoms with Gasteiger partial charge in [0.25, 0.3) is 0 Å². The van der Waals surface area contributed by atoms with Crippen LogP contribution in [0.5, 0.6) is 0 Å². The SMILES string of the molecule is C=CCN(c1ccccc1)S(=O)(=O)CC1CCOCC1. The van der Waals surface area contributed by atoms with E-state index in [1.54, 1.807) is 6.08 Å². The molecule has 2 rings (SSSR count). The maximum Gasteiger partial charge on any atom is 0.235 e. The minimum absolute atomic E-state index is 0.180. The molecule has 4 nitrogen and oxygen atoms in total. The van der Waals surface area contributed by atoms with E-state index in [0.29, 0.717) is 25.4 Å². The molecular weight excluding hydrogens is 274 g/mol. The first-order valence-electron chi connectivity index (χ1n) is 6.87. The molecule has 1 aliphatic rings. The Morgan fingerprint density at radius 3 is 2.50 bits per heavy atom. The van der Waals surface area contributed by atoms with Gasteiger partial charge in [-0.15, -0.1) is 6.58 Å². The Morgan fingerprint density at radius 1 is 1.25 bits per heavy atom. The van der Waals surface area contributed by atoms with E-state index >= 15 is 0 Å². The number of rotatable bonds is 6. The summed E-state index contributed by atoms with van der Waals surface area (Å²) in [7, 11) is -3.33. The highest BCUT2D eigenvalue weighted by atomic mass is 32.2. The highest BCUT2D eigenvalue weighted by molar-refractivity contribution is 7.92. The van der Waals surface area contributed by atoms with Gasteiger partial charge in [-0.05, 0) is 30.9 Å². The monoisotopic (exact) mass is 295 g/mol. The Bertz CT molecular complexity index is 521. The zero-order valence-electron chi connectivity index (χ0n) is 11.6. The fourth-order valence-corrected chi connectivity index (χ4v) is 4.28. The van der Waals surface area contributed by atoms with E-state index in [9.17, 15) is 8.42 Å². The van der Waals surface area contributed by atoms with Gasteiger partial charge in [-0.25, -0.2) is 8.42 Å². The van der Waals surface area contributed by atoms with E-state index < -0.39 is 10.0 Å². The second kappa shape index (κ2) is 6.90. The normalized spacial score (nSPS) is 16.8. The molecule has 0 atom stereocenters. The molecule has 0 amide bonds. The van der Waals surface area contributed by atoms with E-state index in [1.807, 2.05) is 30.3 Å². The highest BCUT2D eigenvalue weighted by Gasteiger charge is 2.27. The second-order valence-electron chi connectivity index (χ2n) is 4.99. The fourth-order valence-electron chi connectivity index (χ4n) is 2.39. The Labute approximate surface area is 121 Å². The van der Waals surface area contributed by atoms with Crippen LogP contribution in [0.1, 0.15) is 12.8 Å². The zero-order chi connectivity index (χ0) is 14.4. The van der Waals surface area contributed by atoms with Gasteiger partial charge < -0.3 is 4.74 Å². The number of ether oxygens (including phenoxy) is 1. The first kappa shape index (κ1) is 15.1. The van der Waals surface area contributed by atoms with Crippen molar-refractivity contribution in [2.45, 2.75) is 12.8 Å². The lowest BCUT2D eigenvalue weighted by Gasteiger charge is -2.27. The van der Waals surface area contributed by atoms with E-state index in [4.69, 9.17) is 4.74 Å². The van der Waals surface area contributed by atoms with Crippen LogP contribution in [0.15, 0.2) is 43.0 Å². The lowest BCUT2D eigenvalue weighted by atomic mass is 10.0. The molecule has 1 fully saturated rings. The molecule has 0 saturated carbocycles. The molecule has 1 aromatic rings. The molecule has 0 radical (unpaired) electrons. The first-order chi connectivity index (χ1) is 9.63. The minimum Gasteiger partial charge on any atom is -0.381 e. The van der Waals surface area contributed by atoms with Gasteiger partial charge in [-0.3, -0.25) is 4.31 Å². The highest BCUT2D eigenvalue weighted by Crippen LogP contribution is 2.23. The minimum atomic E-state index is -3.33. The van der Waals surface area contributed by atoms with Gasteiger partial charge >= 0.3 is 0 Å². The summed E-state index contributed by atoms with van der Waals surface area (Å²) < 4.78 is 32.0. The van der Waals surface area contributed by atoms with Gasteiger partial charge in [0.2, 0.25) is 10.0 Å².